The zero-order valence-electron chi connectivity index (χ0n) is 16.1. The molecule has 29 heavy (non-hydrogen) atoms. The molecule has 0 radical (unpaired) electrons. The Morgan fingerprint density at radius 3 is 2.62 bits per heavy atom. The summed E-state index contributed by atoms with van der Waals surface area (Å²) in [5.41, 5.74) is 10.0. The number of para-hydroxylation sites is 2. The number of imidazole rings is 1. The molecule has 7 heteroatoms. The summed E-state index contributed by atoms with van der Waals surface area (Å²) in [6.07, 6.45) is 3.50. The van der Waals surface area contributed by atoms with Gasteiger partial charge < -0.3 is 19.6 Å². The summed E-state index contributed by atoms with van der Waals surface area (Å²) in [6.45, 7) is 2.59. The fourth-order valence-corrected chi connectivity index (χ4v) is 3.92. The second-order valence-corrected chi connectivity index (χ2v) is 7.58. The SMILES string of the molecule is NCC1(c2nc(-c3ccc(Cn4cnc5ccccc54)cc3)no2)CCOCC1. The first-order valence-corrected chi connectivity index (χ1v) is 9.89. The van der Waals surface area contributed by atoms with Crippen LogP contribution in [-0.4, -0.2) is 39.5 Å². The van der Waals surface area contributed by atoms with Crippen LogP contribution in [0, 0.1) is 0 Å². The number of fused-ring (bicyclic) bond motifs is 1. The van der Waals surface area contributed by atoms with Crippen molar-refractivity contribution in [3.05, 3.63) is 66.3 Å². The highest BCUT2D eigenvalue weighted by Crippen LogP contribution is 2.33. The van der Waals surface area contributed by atoms with E-state index < -0.39 is 0 Å². The summed E-state index contributed by atoms with van der Waals surface area (Å²) in [6, 6.07) is 16.4. The lowest BCUT2D eigenvalue weighted by Gasteiger charge is -2.32. The van der Waals surface area contributed by atoms with Crippen LogP contribution >= 0.6 is 0 Å². The van der Waals surface area contributed by atoms with Crippen LogP contribution in [0.15, 0.2) is 59.4 Å². The van der Waals surface area contributed by atoms with Crippen molar-refractivity contribution in [2.75, 3.05) is 19.8 Å². The van der Waals surface area contributed by atoms with E-state index in [4.69, 9.17) is 15.0 Å². The first-order chi connectivity index (χ1) is 14.3. The molecule has 2 aromatic heterocycles. The second-order valence-electron chi connectivity index (χ2n) is 7.58. The van der Waals surface area contributed by atoms with Gasteiger partial charge in [-0.1, -0.05) is 41.6 Å². The third kappa shape index (κ3) is 3.32. The first-order valence-electron chi connectivity index (χ1n) is 9.89. The monoisotopic (exact) mass is 389 g/mol. The molecular weight excluding hydrogens is 366 g/mol. The predicted octanol–water partition coefficient (Wildman–Crippen LogP) is 3.14. The average Bonchev–Trinajstić information content (AvgIpc) is 3.43. The summed E-state index contributed by atoms with van der Waals surface area (Å²) < 4.78 is 13.2. The van der Waals surface area contributed by atoms with E-state index in [9.17, 15) is 0 Å². The Bertz CT molecular complexity index is 1110. The molecule has 1 aliphatic rings. The Morgan fingerprint density at radius 1 is 1.03 bits per heavy atom. The van der Waals surface area contributed by atoms with E-state index in [0.29, 0.717) is 31.5 Å². The van der Waals surface area contributed by atoms with E-state index in [1.165, 1.54) is 5.56 Å². The van der Waals surface area contributed by atoms with Crippen LogP contribution in [0.4, 0.5) is 0 Å². The third-order valence-corrected chi connectivity index (χ3v) is 5.81. The van der Waals surface area contributed by atoms with Crippen molar-refractivity contribution in [1.82, 2.24) is 19.7 Å². The number of ether oxygens (including phenoxy) is 1. The minimum absolute atomic E-state index is 0.272. The Balaban J connectivity index is 1.36. The summed E-state index contributed by atoms with van der Waals surface area (Å²) >= 11 is 0. The van der Waals surface area contributed by atoms with E-state index >= 15 is 0 Å². The summed E-state index contributed by atoms with van der Waals surface area (Å²) in [5.74, 6) is 1.21. The number of benzene rings is 2. The minimum atomic E-state index is -0.272. The summed E-state index contributed by atoms with van der Waals surface area (Å²) in [4.78, 5) is 9.12. The van der Waals surface area contributed by atoms with Crippen molar-refractivity contribution in [2.45, 2.75) is 24.8 Å². The molecule has 0 saturated carbocycles. The number of hydrogen-bond acceptors (Lipinski definition) is 6. The van der Waals surface area contributed by atoms with Crippen LogP contribution in [0.2, 0.25) is 0 Å². The van der Waals surface area contributed by atoms with E-state index in [1.54, 1.807) is 0 Å². The van der Waals surface area contributed by atoms with Gasteiger partial charge in [-0.05, 0) is 30.5 Å². The zero-order chi connectivity index (χ0) is 19.7. The molecule has 148 valence electrons. The van der Waals surface area contributed by atoms with Gasteiger partial charge in [0.05, 0.1) is 22.8 Å². The number of hydrogen-bond donors (Lipinski definition) is 1. The van der Waals surface area contributed by atoms with Crippen LogP contribution in [0.1, 0.15) is 24.3 Å². The molecule has 2 aromatic carbocycles. The molecular formula is C22H23N5O2. The largest absolute Gasteiger partial charge is 0.381 e. The van der Waals surface area contributed by atoms with Gasteiger partial charge in [-0.25, -0.2) is 4.98 Å². The number of rotatable bonds is 5. The lowest BCUT2D eigenvalue weighted by atomic mass is 9.80. The van der Waals surface area contributed by atoms with Crippen molar-refractivity contribution in [1.29, 1.82) is 0 Å². The Kier molecular flexibility index (Phi) is 4.61. The highest BCUT2D eigenvalue weighted by atomic mass is 16.5. The fraction of sp³-hybridized carbons (Fsp3) is 0.318. The highest BCUT2D eigenvalue weighted by molar-refractivity contribution is 5.75. The van der Waals surface area contributed by atoms with Crippen molar-refractivity contribution in [3.63, 3.8) is 0 Å². The number of nitrogens with two attached hydrogens (primary N) is 1. The second kappa shape index (κ2) is 7.42. The molecule has 3 heterocycles. The highest BCUT2D eigenvalue weighted by Gasteiger charge is 2.38. The van der Waals surface area contributed by atoms with Crippen molar-refractivity contribution in [2.24, 2.45) is 5.73 Å². The molecule has 1 saturated heterocycles. The van der Waals surface area contributed by atoms with Crippen LogP contribution < -0.4 is 5.73 Å². The van der Waals surface area contributed by atoms with E-state index in [0.717, 1.165) is 36.0 Å². The van der Waals surface area contributed by atoms with Gasteiger partial charge in [-0.2, -0.15) is 4.98 Å². The minimum Gasteiger partial charge on any atom is -0.381 e. The maximum absolute atomic E-state index is 6.05. The molecule has 0 aliphatic carbocycles. The Hall–Kier alpha value is -3.03. The van der Waals surface area contributed by atoms with Gasteiger partial charge in [0.2, 0.25) is 11.7 Å². The molecule has 0 amide bonds. The van der Waals surface area contributed by atoms with Crippen LogP contribution in [0.5, 0.6) is 0 Å². The molecule has 0 spiro atoms. The van der Waals surface area contributed by atoms with Gasteiger partial charge in [-0.15, -0.1) is 0 Å². The van der Waals surface area contributed by atoms with Gasteiger partial charge in [-0.3, -0.25) is 0 Å². The van der Waals surface area contributed by atoms with Crippen LogP contribution in [0.25, 0.3) is 22.4 Å². The van der Waals surface area contributed by atoms with Gasteiger partial charge in [0.1, 0.15) is 0 Å². The lowest BCUT2D eigenvalue weighted by molar-refractivity contribution is 0.0409. The molecule has 0 unspecified atom stereocenters. The van der Waals surface area contributed by atoms with Crippen molar-refractivity contribution in [3.8, 4) is 11.4 Å². The average molecular weight is 389 g/mol. The Morgan fingerprint density at radius 2 is 1.83 bits per heavy atom. The molecule has 1 fully saturated rings. The number of aromatic nitrogens is 4. The summed E-state index contributed by atoms with van der Waals surface area (Å²) in [5, 5.41) is 4.20. The standard InChI is InChI=1S/C22H23N5O2/c23-14-22(9-11-28-12-10-22)21-25-20(26-29-21)17-7-5-16(6-8-17)13-27-15-24-18-3-1-2-4-19(18)27/h1-8,15H,9-14,23H2. The normalized spacial score (nSPS) is 16.3. The van der Waals surface area contributed by atoms with Gasteiger partial charge in [0.15, 0.2) is 0 Å². The molecule has 1 aliphatic heterocycles. The molecule has 4 aromatic rings. The fourth-order valence-electron chi connectivity index (χ4n) is 3.92. The zero-order valence-corrected chi connectivity index (χ0v) is 16.1. The van der Waals surface area contributed by atoms with Gasteiger partial charge in [0, 0.05) is 31.9 Å². The quantitative estimate of drug-likeness (QED) is 0.564. The maximum Gasteiger partial charge on any atom is 0.234 e. The number of nitrogens with zero attached hydrogens (tertiary/aromatic N) is 4. The molecule has 5 rings (SSSR count). The molecule has 2 N–H and O–H groups in total. The predicted molar refractivity (Wildman–Crippen MR) is 109 cm³/mol. The maximum atomic E-state index is 6.05. The third-order valence-electron chi connectivity index (χ3n) is 5.81. The van der Waals surface area contributed by atoms with Gasteiger partial charge in [0.25, 0.3) is 0 Å². The lowest BCUT2D eigenvalue weighted by Crippen LogP contribution is -2.40. The van der Waals surface area contributed by atoms with Crippen LogP contribution in [-0.2, 0) is 16.7 Å². The smallest absolute Gasteiger partial charge is 0.234 e. The Labute approximate surface area is 168 Å². The van der Waals surface area contributed by atoms with E-state index in [2.05, 4.69) is 37.9 Å². The molecule has 7 nitrogen and oxygen atoms in total. The molecule has 0 bridgehead atoms. The first kappa shape index (κ1) is 18.0. The molecule has 0 atom stereocenters. The van der Waals surface area contributed by atoms with E-state index in [1.807, 2.05) is 36.7 Å². The topological polar surface area (TPSA) is 92.0 Å². The van der Waals surface area contributed by atoms with E-state index in [-0.39, 0.29) is 5.41 Å². The van der Waals surface area contributed by atoms with Crippen LogP contribution in [0.3, 0.4) is 0 Å². The van der Waals surface area contributed by atoms with Crippen molar-refractivity contribution >= 4 is 11.0 Å². The summed E-state index contributed by atoms with van der Waals surface area (Å²) in [7, 11) is 0. The van der Waals surface area contributed by atoms with Crippen molar-refractivity contribution < 1.29 is 9.26 Å². The van der Waals surface area contributed by atoms with Gasteiger partial charge >= 0.3 is 0 Å².